The van der Waals surface area contributed by atoms with E-state index in [9.17, 15) is 0 Å². The standard InChI is InChI=1S/C13H27NO5/c1-15-6-8-17-4-3-5-18-12-10-11(14)13(12)19-9-7-16-2/h11-13H,3-10,14H2,1-2H3. The van der Waals surface area contributed by atoms with Gasteiger partial charge in [0.25, 0.3) is 0 Å². The van der Waals surface area contributed by atoms with Gasteiger partial charge in [-0.3, -0.25) is 0 Å². The third-order valence-electron chi connectivity index (χ3n) is 3.09. The predicted octanol–water partition coefficient (Wildman–Crippen LogP) is 0.187. The molecule has 0 heterocycles. The largest absolute Gasteiger partial charge is 0.382 e. The Morgan fingerprint density at radius 2 is 1.63 bits per heavy atom. The maximum atomic E-state index is 5.90. The summed E-state index contributed by atoms with van der Waals surface area (Å²) in [6.45, 7) is 3.78. The molecule has 0 saturated heterocycles. The Morgan fingerprint density at radius 1 is 0.895 bits per heavy atom. The molecule has 0 aliphatic heterocycles. The fourth-order valence-electron chi connectivity index (χ4n) is 1.92. The van der Waals surface area contributed by atoms with Gasteiger partial charge in [-0.2, -0.15) is 0 Å². The van der Waals surface area contributed by atoms with Gasteiger partial charge in [-0.15, -0.1) is 0 Å². The topological polar surface area (TPSA) is 72.2 Å². The van der Waals surface area contributed by atoms with Crippen LogP contribution in [0.3, 0.4) is 0 Å². The fraction of sp³-hybridized carbons (Fsp3) is 1.00. The van der Waals surface area contributed by atoms with E-state index in [1.54, 1.807) is 14.2 Å². The highest BCUT2D eigenvalue weighted by Gasteiger charge is 2.40. The number of methoxy groups -OCH3 is 2. The highest BCUT2D eigenvalue weighted by molar-refractivity contribution is 4.95. The van der Waals surface area contributed by atoms with Crippen LogP contribution in [0.2, 0.25) is 0 Å². The molecule has 6 nitrogen and oxygen atoms in total. The molecule has 0 aromatic rings. The first-order chi connectivity index (χ1) is 9.29. The van der Waals surface area contributed by atoms with Crippen LogP contribution in [0.1, 0.15) is 12.8 Å². The Labute approximate surface area is 115 Å². The average Bonchev–Trinajstić information content (AvgIpc) is 2.41. The molecule has 3 atom stereocenters. The summed E-state index contributed by atoms with van der Waals surface area (Å²) in [6.07, 6.45) is 1.86. The van der Waals surface area contributed by atoms with E-state index in [4.69, 9.17) is 29.4 Å². The van der Waals surface area contributed by atoms with Crippen molar-refractivity contribution in [2.75, 3.05) is 53.9 Å². The summed E-state index contributed by atoms with van der Waals surface area (Å²) in [7, 11) is 3.32. The van der Waals surface area contributed by atoms with Crippen LogP contribution in [0, 0.1) is 0 Å². The summed E-state index contributed by atoms with van der Waals surface area (Å²) >= 11 is 0. The van der Waals surface area contributed by atoms with Gasteiger partial charge in [-0.1, -0.05) is 0 Å². The lowest BCUT2D eigenvalue weighted by Gasteiger charge is -2.41. The fourth-order valence-corrected chi connectivity index (χ4v) is 1.92. The van der Waals surface area contributed by atoms with Gasteiger partial charge in [0.05, 0.1) is 38.6 Å². The molecule has 0 aromatic heterocycles. The lowest BCUT2D eigenvalue weighted by Crippen LogP contribution is -2.58. The minimum atomic E-state index is 0.00422. The molecule has 1 aliphatic rings. The first-order valence-corrected chi connectivity index (χ1v) is 6.84. The third kappa shape index (κ3) is 6.65. The van der Waals surface area contributed by atoms with Crippen molar-refractivity contribution in [3.8, 4) is 0 Å². The molecule has 0 amide bonds. The molecule has 1 aliphatic carbocycles. The van der Waals surface area contributed by atoms with E-state index in [1.807, 2.05) is 0 Å². The van der Waals surface area contributed by atoms with Gasteiger partial charge in [0.1, 0.15) is 0 Å². The number of ether oxygens (including phenoxy) is 5. The normalized spacial score (nSPS) is 26.4. The summed E-state index contributed by atoms with van der Waals surface area (Å²) in [4.78, 5) is 0. The highest BCUT2D eigenvalue weighted by atomic mass is 16.6. The number of nitrogens with two attached hydrogens (primary N) is 1. The van der Waals surface area contributed by atoms with E-state index >= 15 is 0 Å². The van der Waals surface area contributed by atoms with Crippen molar-refractivity contribution in [1.82, 2.24) is 0 Å². The van der Waals surface area contributed by atoms with Crippen molar-refractivity contribution in [1.29, 1.82) is 0 Å². The van der Waals surface area contributed by atoms with Gasteiger partial charge >= 0.3 is 0 Å². The van der Waals surface area contributed by atoms with Crippen molar-refractivity contribution < 1.29 is 23.7 Å². The molecule has 1 saturated carbocycles. The van der Waals surface area contributed by atoms with E-state index in [0.29, 0.717) is 39.6 Å². The zero-order valence-corrected chi connectivity index (χ0v) is 12.0. The van der Waals surface area contributed by atoms with Crippen LogP contribution in [0.4, 0.5) is 0 Å². The summed E-state index contributed by atoms with van der Waals surface area (Å²) in [5, 5.41) is 0. The Morgan fingerprint density at radius 3 is 2.32 bits per heavy atom. The van der Waals surface area contributed by atoms with Crippen molar-refractivity contribution in [3.05, 3.63) is 0 Å². The molecule has 2 N–H and O–H groups in total. The van der Waals surface area contributed by atoms with Crippen molar-refractivity contribution in [2.24, 2.45) is 5.73 Å². The van der Waals surface area contributed by atoms with Crippen LogP contribution in [0.15, 0.2) is 0 Å². The Kier molecular flexibility index (Phi) is 9.32. The monoisotopic (exact) mass is 277 g/mol. The third-order valence-corrected chi connectivity index (χ3v) is 3.09. The molecule has 0 bridgehead atoms. The Hall–Kier alpha value is -0.240. The molecular formula is C13H27NO5. The van der Waals surface area contributed by atoms with Crippen molar-refractivity contribution in [3.63, 3.8) is 0 Å². The molecular weight excluding hydrogens is 250 g/mol. The molecule has 0 radical (unpaired) electrons. The lowest BCUT2D eigenvalue weighted by atomic mass is 9.86. The summed E-state index contributed by atoms with van der Waals surface area (Å²) in [5.41, 5.74) is 5.90. The lowest BCUT2D eigenvalue weighted by molar-refractivity contribution is -0.146. The van der Waals surface area contributed by atoms with Gasteiger partial charge < -0.3 is 29.4 Å². The van der Waals surface area contributed by atoms with Gasteiger partial charge in [0, 0.05) is 33.5 Å². The maximum Gasteiger partial charge on any atom is 0.0989 e. The van der Waals surface area contributed by atoms with Crippen LogP contribution in [0.5, 0.6) is 0 Å². The molecule has 0 spiro atoms. The van der Waals surface area contributed by atoms with Gasteiger partial charge in [-0.05, 0) is 12.8 Å². The minimum absolute atomic E-state index is 0.00422. The van der Waals surface area contributed by atoms with Gasteiger partial charge in [0.15, 0.2) is 0 Å². The van der Waals surface area contributed by atoms with E-state index in [2.05, 4.69) is 0 Å². The Balaban J connectivity index is 1.96. The van der Waals surface area contributed by atoms with Crippen molar-refractivity contribution >= 4 is 0 Å². The highest BCUT2D eigenvalue weighted by Crippen LogP contribution is 2.25. The number of hydrogen-bond donors (Lipinski definition) is 1. The Bertz CT molecular complexity index is 217. The first-order valence-electron chi connectivity index (χ1n) is 6.84. The second-order valence-electron chi connectivity index (χ2n) is 4.60. The quantitative estimate of drug-likeness (QED) is 0.513. The van der Waals surface area contributed by atoms with E-state index in [0.717, 1.165) is 12.8 Å². The van der Waals surface area contributed by atoms with Crippen LogP contribution in [-0.4, -0.2) is 72.1 Å². The van der Waals surface area contributed by atoms with Crippen LogP contribution < -0.4 is 5.73 Å². The SMILES string of the molecule is COCCOCCCOC1CC(N)C1OCCOC. The minimum Gasteiger partial charge on any atom is -0.382 e. The number of hydrogen-bond acceptors (Lipinski definition) is 6. The van der Waals surface area contributed by atoms with Crippen LogP contribution in [-0.2, 0) is 23.7 Å². The second-order valence-corrected chi connectivity index (χ2v) is 4.60. The van der Waals surface area contributed by atoms with E-state index < -0.39 is 0 Å². The van der Waals surface area contributed by atoms with Crippen molar-refractivity contribution in [2.45, 2.75) is 31.1 Å². The molecule has 1 rings (SSSR count). The van der Waals surface area contributed by atoms with E-state index in [-0.39, 0.29) is 18.2 Å². The molecule has 1 fully saturated rings. The zero-order chi connectivity index (χ0) is 13.9. The number of rotatable bonds is 12. The van der Waals surface area contributed by atoms with Crippen LogP contribution >= 0.6 is 0 Å². The van der Waals surface area contributed by atoms with E-state index in [1.165, 1.54) is 0 Å². The smallest absolute Gasteiger partial charge is 0.0989 e. The molecule has 3 unspecified atom stereocenters. The second kappa shape index (κ2) is 10.5. The summed E-state index contributed by atoms with van der Waals surface area (Å²) in [5.74, 6) is 0. The molecule has 19 heavy (non-hydrogen) atoms. The van der Waals surface area contributed by atoms with Gasteiger partial charge in [-0.25, -0.2) is 0 Å². The summed E-state index contributed by atoms with van der Waals surface area (Å²) in [6, 6.07) is 0.0832. The summed E-state index contributed by atoms with van der Waals surface area (Å²) < 4.78 is 26.6. The molecule has 0 aromatic carbocycles. The zero-order valence-electron chi connectivity index (χ0n) is 12.0. The first kappa shape index (κ1) is 16.8. The van der Waals surface area contributed by atoms with Crippen LogP contribution in [0.25, 0.3) is 0 Å². The predicted molar refractivity (Wildman–Crippen MR) is 71.3 cm³/mol. The maximum absolute atomic E-state index is 5.90. The molecule has 6 heteroatoms. The van der Waals surface area contributed by atoms with Gasteiger partial charge in [0.2, 0.25) is 0 Å². The average molecular weight is 277 g/mol. The molecule has 114 valence electrons.